The van der Waals surface area contributed by atoms with Gasteiger partial charge in [0.05, 0.1) is 5.75 Å². The Morgan fingerprint density at radius 2 is 1.82 bits per heavy atom. The lowest BCUT2D eigenvalue weighted by Gasteiger charge is -2.28. The minimum Gasteiger partial charge on any atom is -0.355 e. The number of carbonyl (C=O) groups is 2. The van der Waals surface area contributed by atoms with E-state index in [1.807, 2.05) is 31.2 Å². The Labute approximate surface area is 176 Å². The molecule has 4 nitrogen and oxygen atoms in total. The largest absolute Gasteiger partial charge is 0.355 e. The molecule has 0 aliphatic rings. The third kappa shape index (κ3) is 6.57. The predicted octanol–water partition coefficient (Wildman–Crippen LogP) is 4.44. The monoisotopic (exact) mass is 418 g/mol. The van der Waals surface area contributed by atoms with Crippen LogP contribution in [0.1, 0.15) is 30.5 Å². The highest BCUT2D eigenvalue weighted by atomic mass is 35.5. The SMILES string of the molecule is CCNC(=O)C(C)N(Cc1ccc(Cl)cc1)C(=O)CSCc1ccccc1C. The van der Waals surface area contributed by atoms with Gasteiger partial charge in [0.1, 0.15) is 6.04 Å². The van der Waals surface area contributed by atoms with Crippen molar-refractivity contribution < 1.29 is 9.59 Å². The van der Waals surface area contributed by atoms with Gasteiger partial charge in [-0.1, -0.05) is 48.0 Å². The maximum absolute atomic E-state index is 12.9. The maximum Gasteiger partial charge on any atom is 0.242 e. The second-order valence-corrected chi connectivity index (χ2v) is 8.06. The molecule has 0 saturated heterocycles. The number of benzene rings is 2. The van der Waals surface area contributed by atoms with Gasteiger partial charge in [0.2, 0.25) is 11.8 Å². The van der Waals surface area contributed by atoms with Crippen LogP contribution in [0, 0.1) is 6.92 Å². The summed E-state index contributed by atoms with van der Waals surface area (Å²) >= 11 is 7.52. The molecule has 0 saturated carbocycles. The van der Waals surface area contributed by atoms with E-state index < -0.39 is 6.04 Å². The lowest BCUT2D eigenvalue weighted by atomic mass is 10.1. The smallest absolute Gasteiger partial charge is 0.242 e. The van der Waals surface area contributed by atoms with E-state index in [4.69, 9.17) is 11.6 Å². The molecule has 150 valence electrons. The van der Waals surface area contributed by atoms with Gasteiger partial charge in [-0.3, -0.25) is 9.59 Å². The van der Waals surface area contributed by atoms with Gasteiger partial charge in [0.25, 0.3) is 0 Å². The predicted molar refractivity (Wildman–Crippen MR) is 117 cm³/mol. The number of hydrogen-bond acceptors (Lipinski definition) is 3. The van der Waals surface area contributed by atoms with Gasteiger partial charge in [-0.15, -0.1) is 11.8 Å². The van der Waals surface area contributed by atoms with E-state index in [-0.39, 0.29) is 11.8 Å². The number of halogens is 1. The van der Waals surface area contributed by atoms with Crippen molar-refractivity contribution >= 4 is 35.2 Å². The van der Waals surface area contributed by atoms with Crippen LogP contribution in [0.5, 0.6) is 0 Å². The molecule has 1 atom stereocenters. The Bertz CT molecular complexity index is 795. The molecule has 28 heavy (non-hydrogen) atoms. The average Bonchev–Trinajstić information content (AvgIpc) is 2.68. The summed E-state index contributed by atoms with van der Waals surface area (Å²) in [4.78, 5) is 26.9. The highest BCUT2D eigenvalue weighted by Gasteiger charge is 2.25. The van der Waals surface area contributed by atoms with Crippen LogP contribution in [0.15, 0.2) is 48.5 Å². The quantitative estimate of drug-likeness (QED) is 0.655. The lowest BCUT2D eigenvalue weighted by molar-refractivity contribution is -0.138. The van der Waals surface area contributed by atoms with Gasteiger partial charge >= 0.3 is 0 Å². The van der Waals surface area contributed by atoms with E-state index in [0.717, 1.165) is 11.3 Å². The molecule has 0 heterocycles. The molecule has 1 unspecified atom stereocenters. The fraction of sp³-hybridized carbons (Fsp3) is 0.364. The van der Waals surface area contributed by atoms with Gasteiger partial charge in [-0.25, -0.2) is 0 Å². The molecule has 2 aromatic carbocycles. The van der Waals surface area contributed by atoms with Gasteiger partial charge in [-0.05, 0) is 49.6 Å². The number of thioether (sulfide) groups is 1. The normalized spacial score (nSPS) is 11.7. The second-order valence-electron chi connectivity index (χ2n) is 6.64. The van der Waals surface area contributed by atoms with Crippen LogP contribution in [0.2, 0.25) is 5.02 Å². The number of rotatable bonds is 9. The molecule has 0 aliphatic carbocycles. The fourth-order valence-electron chi connectivity index (χ4n) is 2.79. The van der Waals surface area contributed by atoms with Crippen molar-refractivity contribution in [2.75, 3.05) is 12.3 Å². The van der Waals surface area contributed by atoms with Crippen molar-refractivity contribution in [3.8, 4) is 0 Å². The van der Waals surface area contributed by atoms with Crippen molar-refractivity contribution in [1.82, 2.24) is 10.2 Å². The zero-order valence-electron chi connectivity index (χ0n) is 16.6. The molecule has 0 radical (unpaired) electrons. The number of nitrogens with one attached hydrogen (secondary N) is 1. The van der Waals surface area contributed by atoms with Gasteiger partial charge in [0.15, 0.2) is 0 Å². The molecule has 2 aromatic rings. The molecule has 2 amide bonds. The first kappa shape index (κ1) is 22.3. The van der Waals surface area contributed by atoms with Crippen molar-refractivity contribution in [2.24, 2.45) is 0 Å². The molecule has 0 bridgehead atoms. The van der Waals surface area contributed by atoms with Crippen LogP contribution in [0.25, 0.3) is 0 Å². The Morgan fingerprint density at radius 3 is 2.46 bits per heavy atom. The zero-order chi connectivity index (χ0) is 20.5. The molecular weight excluding hydrogens is 392 g/mol. The first-order valence-corrected chi connectivity index (χ1v) is 10.9. The summed E-state index contributed by atoms with van der Waals surface area (Å²) in [7, 11) is 0. The van der Waals surface area contributed by atoms with Gasteiger partial charge in [-0.2, -0.15) is 0 Å². The number of amides is 2. The van der Waals surface area contributed by atoms with E-state index in [1.165, 1.54) is 11.1 Å². The first-order valence-electron chi connectivity index (χ1n) is 9.36. The van der Waals surface area contributed by atoms with E-state index in [9.17, 15) is 9.59 Å². The molecular formula is C22H27ClN2O2S. The van der Waals surface area contributed by atoms with Crippen molar-refractivity contribution in [3.05, 3.63) is 70.2 Å². The number of aryl methyl sites for hydroxylation is 1. The van der Waals surface area contributed by atoms with Crippen molar-refractivity contribution in [3.63, 3.8) is 0 Å². The van der Waals surface area contributed by atoms with Crippen LogP contribution < -0.4 is 5.32 Å². The molecule has 0 aromatic heterocycles. The van der Waals surface area contributed by atoms with Gasteiger partial charge in [0, 0.05) is 23.9 Å². The topological polar surface area (TPSA) is 49.4 Å². The Balaban J connectivity index is 2.05. The summed E-state index contributed by atoms with van der Waals surface area (Å²) in [6.45, 7) is 6.62. The highest BCUT2D eigenvalue weighted by Crippen LogP contribution is 2.19. The minimum absolute atomic E-state index is 0.0488. The summed E-state index contributed by atoms with van der Waals surface area (Å²) in [5, 5.41) is 3.45. The number of carbonyl (C=O) groups excluding carboxylic acids is 2. The molecule has 1 N–H and O–H groups in total. The van der Waals surface area contributed by atoms with Crippen LogP contribution in [0.3, 0.4) is 0 Å². The molecule has 2 rings (SSSR count). The second kappa shape index (κ2) is 11.1. The summed E-state index contributed by atoms with van der Waals surface area (Å²) < 4.78 is 0. The van der Waals surface area contributed by atoms with Crippen LogP contribution in [0.4, 0.5) is 0 Å². The van der Waals surface area contributed by atoms with Crippen molar-refractivity contribution in [1.29, 1.82) is 0 Å². The number of nitrogens with zero attached hydrogens (tertiary/aromatic N) is 1. The Hall–Kier alpha value is -1.98. The summed E-state index contributed by atoms with van der Waals surface area (Å²) in [6.07, 6.45) is 0. The van der Waals surface area contributed by atoms with E-state index in [1.54, 1.807) is 35.7 Å². The summed E-state index contributed by atoms with van der Waals surface area (Å²) in [5.41, 5.74) is 3.38. The molecule has 0 spiro atoms. The Morgan fingerprint density at radius 1 is 1.14 bits per heavy atom. The third-order valence-corrected chi connectivity index (χ3v) is 5.75. The third-order valence-electron chi connectivity index (χ3n) is 4.53. The van der Waals surface area contributed by atoms with E-state index in [0.29, 0.717) is 23.9 Å². The zero-order valence-corrected chi connectivity index (χ0v) is 18.1. The van der Waals surface area contributed by atoms with E-state index in [2.05, 4.69) is 24.4 Å². The first-order chi connectivity index (χ1) is 13.4. The van der Waals surface area contributed by atoms with Gasteiger partial charge < -0.3 is 10.2 Å². The van der Waals surface area contributed by atoms with E-state index >= 15 is 0 Å². The molecule has 0 aliphatic heterocycles. The van der Waals surface area contributed by atoms with Crippen LogP contribution >= 0.6 is 23.4 Å². The lowest BCUT2D eigenvalue weighted by Crippen LogP contribution is -2.48. The number of likely N-dealkylation sites (N-methyl/N-ethyl adjacent to an activating group) is 1. The van der Waals surface area contributed by atoms with Crippen molar-refractivity contribution in [2.45, 2.75) is 39.1 Å². The fourth-order valence-corrected chi connectivity index (χ4v) is 3.91. The standard InChI is InChI=1S/C22H27ClN2O2S/c1-4-24-22(27)17(3)25(13-18-9-11-20(23)12-10-18)21(26)15-28-14-19-8-6-5-7-16(19)2/h5-12,17H,4,13-15H2,1-3H3,(H,24,27). The average molecular weight is 419 g/mol. The molecule has 0 fully saturated rings. The minimum atomic E-state index is -0.540. The number of hydrogen-bond donors (Lipinski definition) is 1. The summed E-state index contributed by atoms with van der Waals surface area (Å²) in [5.74, 6) is 0.898. The maximum atomic E-state index is 12.9. The molecule has 6 heteroatoms. The Kier molecular flexibility index (Phi) is 8.87. The van der Waals surface area contributed by atoms with Crippen LogP contribution in [-0.2, 0) is 21.9 Å². The highest BCUT2D eigenvalue weighted by molar-refractivity contribution is 7.99. The summed E-state index contributed by atoms with van der Waals surface area (Å²) in [6, 6.07) is 15.0. The van der Waals surface area contributed by atoms with Crippen LogP contribution in [-0.4, -0.2) is 35.1 Å².